The second-order valence-corrected chi connectivity index (χ2v) is 21.3. The highest BCUT2D eigenvalue weighted by Gasteiger charge is 2.26. The highest BCUT2D eigenvalue weighted by atomic mass is 31.2. The van der Waals surface area contributed by atoms with Gasteiger partial charge in [0.05, 0.1) is 44.9 Å². The van der Waals surface area contributed by atoms with Crippen LogP contribution in [0.15, 0.2) is 24.3 Å². The average Bonchev–Trinajstić information content (AvgIpc) is 3.04. The molecule has 4 N–H and O–H groups in total. The van der Waals surface area contributed by atoms with Crippen LogP contribution in [0.1, 0.15) is 120 Å². The molecule has 1 aromatic carbocycles. The Morgan fingerprint density at radius 1 is 0.500 bits per heavy atom. The first-order valence-corrected chi connectivity index (χ1v) is 27.8. The van der Waals surface area contributed by atoms with Gasteiger partial charge in [-0.05, 0) is 84.4 Å². The van der Waals surface area contributed by atoms with Crippen molar-refractivity contribution in [3.63, 3.8) is 0 Å². The highest BCUT2D eigenvalue weighted by molar-refractivity contribution is 7.62. The maximum Gasteiger partial charge on any atom is 0.361 e. The zero-order valence-corrected chi connectivity index (χ0v) is 39.3. The number of benzene rings is 1. The molecular formula is C34H75O15P5. The monoisotopic (exact) mass is 878 g/mol. The Labute approximate surface area is 327 Å². The lowest BCUT2D eigenvalue weighted by atomic mass is 10.1. The van der Waals surface area contributed by atoms with E-state index in [4.69, 9.17) is 37.7 Å². The van der Waals surface area contributed by atoms with E-state index in [-0.39, 0.29) is 12.3 Å². The fourth-order valence-electron chi connectivity index (χ4n) is 3.92. The summed E-state index contributed by atoms with van der Waals surface area (Å²) in [6, 6.07) is 7.67. The van der Waals surface area contributed by atoms with Crippen LogP contribution in [-0.2, 0) is 56.4 Å². The molecule has 326 valence electrons. The van der Waals surface area contributed by atoms with Crippen LogP contribution < -0.4 is 5.30 Å². The second kappa shape index (κ2) is 36.1. The lowest BCUT2D eigenvalue weighted by Gasteiger charge is -2.17. The van der Waals surface area contributed by atoms with E-state index in [1.807, 2.05) is 65.8 Å². The van der Waals surface area contributed by atoms with Gasteiger partial charge in [-0.1, -0.05) is 66.0 Å². The van der Waals surface area contributed by atoms with Crippen molar-refractivity contribution in [2.24, 2.45) is 0 Å². The Morgan fingerprint density at radius 2 is 0.944 bits per heavy atom. The van der Waals surface area contributed by atoms with Crippen LogP contribution in [0.3, 0.4) is 0 Å². The molecule has 0 bridgehead atoms. The number of aryl methyl sites for hydroxylation is 1. The third kappa shape index (κ3) is 40.2. The van der Waals surface area contributed by atoms with Crippen LogP contribution in [0.4, 0.5) is 0 Å². The van der Waals surface area contributed by atoms with Gasteiger partial charge in [0.2, 0.25) is 0 Å². The van der Waals surface area contributed by atoms with Gasteiger partial charge in [0.1, 0.15) is 0 Å². The predicted molar refractivity (Wildman–Crippen MR) is 222 cm³/mol. The molecule has 0 radical (unpaired) electrons. The van der Waals surface area contributed by atoms with Crippen molar-refractivity contribution < 1.29 is 69.5 Å². The largest absolute Gasteiger partial charge is 0.361 e. The summed E-state index contributed by atoms with van der Waals surface area (Å²) in [6.45, 7) is 22.3. The summed E-state index contributed by atoms with van der Waals surface area (Å²) in [7, 11) is -15.9. The van der Waals surface area contributed by atoms with Gasteiger partial charge in [0.15, 0.2) is 0 Å². The van der Waals surface area contributed by atoms with Crippen molar-refractivity contribution in [2.45, 2.75) is 121 Å². The van der Waals surface area contributed by atoms with Crippen molar-refractivity contribution in [2.75, 3.05) is 64.8 Å². The summed E-state index contributed by atoms with van der Waals surface area (Å²) in [5, 5.41) is 0.640. The molecule has 2 atom stereocenters. The smallest absolute Gasteiger partial charge is 0.324 e. The molecule has 0 aromatic heterocycles. The van der Waals surface area contributed by atoms with Crippen molar-refractivity contribution in [3.05, 3.63) is 29.8 Å². The van der Waals surface area contributed by atoms with Gasteiger partial charge < -0.3 is 46.7 Å². The quantitative estimate of drug-likeness (QED) is 0.0560. The van der Waals surface area contributed by atoms with E-state index in [9.17, 15) is 22.8 Å². The number of unbranched alkanes of at least 4 members (excludes halogenated alkanes) is 2. The minimum absolute atomic E-state index is 0.00694. The molecule has 0 aliphatic rings. The van der Waals surface area contributed by atoms with E-state index in [0.717, 1.165) is 38.5 Å². The number of rotatable bonds is 24. The first kappa shape index (κ1) is 60.6. The lowest BCUT2D eigenvalue weighted by Crippen LogP contribution is -2.10. The molecule has 1 rings (SSSR count). The molecule has 0 saturated heterocycles. The molecule has 0 amide bonds. The summed E-state index contributed by atoms with van der Waals surface area (Å²) < 4.78 is 85.1. The third-order valence-corrected chi connectivity index (χ3v) is 13.8. The molecule has 0 saturated carbocycles. The van der Waals surface area contributed by atoms with Crippen LogP contribution in [0.2, 0.25) is 0 Å². The van der Waals surface area contributed by atoms with E-state index in [2.05, 4.69) is 22.9 Å². The first-order chi connectivity index (χ1) is 25.1. The molecule has 0 aliphatic heterocycles. The summed E-state index contributed by atoms with van der Waals surface area (Å²) >= 11 is 0. The van der Waals surface area contributed by atoms with Crippen LogP contribution in [0.5, 0.6) is 0 Å². The molecular weight excluding hydrogens is 803 g/mol. The van der Waals surface area contributed by atoms with Crippen LogP contribution in [-0.4, -0.2) is 84.4 Å². The van der Waals surface area contributed by atoms with Crippen LogP contribution in [0.25, 0.3) is 0 Å². The topological polar surface area (TPSA) is 222 Å². The average molecular weight is 879 g/mol. The van der Waals surface area contributed by atoms with Crippen molar-refractivity contribution >= 4 is 43.3 Å². The van der Waals surface area contributed by atoms with Crippen LogP contribution >= 0.6 is 38.0 Å². The zero-order valence-electron chi connectivity index (χ0n) is 34.8. The summed E-state index contributed by atoms with van der Waals surface area (Å²) in [6.07, 6.45) is 8.03. The van der Waals surface area contributed by atoms with E-state index < -0.39 is 38.0 Å². The minimum Gasteiger partial charge on any atom is -0.324 e. The Kier molecular flexibility index (Phi) is 40.5. The van der Waals surface area contributed by atoms with E-state index in [1.165, 1.54) is 12.2 Å². The van der Waals surface area contributed by atoms with E-state index in [0.29, 0.717) is 63.9 Å². The van der Waals surface area contributed by atoms with Gasteiger partial charge >= 0.3 is 38.0 Å². The number of hydrogen-bond acceptors (Lipinski definition) is 11. The molecule has 0 aliphatic carbocycles. The predicted octanol–water partition coefficient (Wildman–Crippen LogP) is 10.4. The van der Waals surface area contributed by atoms with Gasteiger partial charge in [-0.2, -0.15) is 0 Å². The first-order valence-electron chi connectivity index (χ1n) is 18.9. The second-order valence-electron chi connectivity index (χ2n) is 11.4. The Morgan fingerprint density at radius 3 is 1.26 bits per heavy atom. The third-order valence-electron chi connectivity index (χ3n) is 5.97. The maximum atomic E-state index is 12.4. The van der Waals surface area contributed by atoms with Crippen LogP contribution in [0, 0.1) is 0 Å². The van der Waals surface area contributed by atoms with Gasteiger partial charge in [0.25, 0.3) is 0 Å². The zero-order chi connectivity index (χ0) is 42.7. The fourth-order valence-corrected chi connectivity index (χ4v) is 9.30. The molecule has 1 aromatic rings. The standard InChI is InChI=1S/C13H21O3P.C7H17O3P.C6H15O3P.C5H13O3P.C3H9O3P/c1-4-7-12-8-10-13(11-9-12)17(14,15-5-2)16-6-3;1-4-7-11(8,9-5-2)10-6-3;1-3-4-5-6-9-10(2,7)8;1-3-5-9(6,7)8-4-2;1-2-3-7(4,5)6/h8-11H,4-7H2,1-3H3;4-7H2,1-3H3;3-6H2,1-2H3,(H,7,8);3-5H2,1-2H3,(H,6,7);2-3H2,1H3,(H2,4,5,6). The molecule has 15 nitrogen and oxygen atoms in total. The number of hydrogen-bond donors (Lipinski definition) is 4. The molecule has 2 unspecified atom stereocenters. The Bertz CT molecular complexity index is 1190. The molecule has 0 heterocycles. The molecule has 0 spiro atoms. The Balaban J connectivity index is -0.000000301. The van der Waals surface area contributed by atoms with Gasteiger partial charge in [0, 0.05) is 25.2 Å². The molecule has 54 heavy (non-hydrogen) atoms. The van der Waals surface area contributed by atoms with Gasteiger partial charge in [-0.25, -0.2) is 0 Å². The SMILES string of the molecule is CCCCCOP(C)(=O)O.CCCP(=O)(O)O.CCCP(=O)(O)OCC.CCCP(=O)(OCC)OCC.CCCc1ccc(P(=O)(OCC)OCC)cc1. The van der Waals surface area contributed by atoms with E-state index >= 15 is 0 Å². The van der Waals surface area contributed by atoms with Crippen molar-refractivity contribution in [1.29, 1.82) is 0 Å². The lowest BCUT2D eigenvalue weighted by molar-refractivity contribution is 0.220. The summed E-state index contributed by atoms with van der Waals surface area (Å²) in [5.41, 5.74) is 1.25. The molecule has 0 fully saturated rings. The Hall–Kier alpha value is -0.0300. The van der Waals surface area contributed by atoms with Gasteiger partial charge in [-0.3, -0.25) is 22.8 Å². The maximum absolute atomic E-state index is 12.4. The highest BCUT2D eigenvalue weighted by Crippen LogP contribution is 2.48. The molecule has 20 heteroatoms. The fraction of sp³-hybridized carbons (Fsp3) is 0.824. The summed E-state index contributed by atoms with van der Waals surface area (Å²) in [5.74, 6) is 0. The van der Waals surface area contributed by atoms with E-state index in [1.54, 1.807) is 13.8 Å². The minimum atomic E-state index is -3.67. The normalized spacial score (nSPS) is 13.6. The van der Waals surface area contributed by atoms with Gasteiger partial charge in [-0.15, -0.1) is 0 Å². The van der Waals surface area contributed by atoms with Crippen molar-refractivity contribution in [3.8, 4) is 0 Å². The summed E-state index contributed by atoms with van der Waals surface area (Å²) in [4.78, 5) is 33.8. The van der Waals surface area contributed by atoms with Crippen molar-refractivity contribution in [1.82, 2.24) is 0 Å².